The van der Waals surface area contributed by atoms with Crippen molar-refractivity contribution in [1.82, 2.24) is 0 Å². The molecule has 0 amide bonds. The zero-order valence-corrected chi connectivity index (χ0v) is 15.9. The van der Waals surface area contributed by atoms with Crippen LogP contribution in [0.3, 0.4) is 0 Å². The van der Waals surface area contributed by atoms with Crippen LogP contribution >= 0.6 is 0 Å². The average molecular weight is 402 g/mol. The molecular formula is C19H26N6O4. The first-order valence-electron chi connectivity index (χ1n) is 9.21. The quantitative estimate of drug-likeness (QED) is 0.193. The van der Waals surface area contributed by atoms with E-state index in [1.807, 2.05) is 0 Å². The van der Waals surface area contributed by atoms with Crippen LogP contribution in [0.15, 0.2) is 24.3 Å². The summed E-state index contributed by atoms with van der Waals surface area (Å²) in [5.74, 6) is 0.882. The van der Waals surface area contributed by atoms with Crippen LogP contribution in [0.25, 0.3) is 0 Å². The Labute approximate surface area is 168 Å². The van der Waals surface area contributed by atoms with Gasteiger partial charge >= 0.3 is 0 Å². The maximum Gasteiger partial charge on any atom is 0.144 e. The summed E-state index contributed by atoms with van der Waals surface area (Å²) in [5.41, 5.74) is 38.1. The summed E-state index contributed by atoms with van der Waals surface area (Å²) >= 11 is 0. The van der Waals surface area contributed by atoms with E-state index < -0.39 is 5.66 Å². The van der Waals surface area contributed by atoms with Crippen molar-refractivity contribution in [2.75, 3.05) is 49.4 Å². The van der Waals surface area contributed by atoms with Crippen LogP contribution < -0.4 is 43.9 Å². The van der Waals surface area contributed by atoms with E-state index in [0.717, 1.165) is 0 Å². The lowest BCUT2D eigenvalue weighted by Crippen LogP contribution is -2.48. The van der Waals surface area contributed by atoms with E-state index in [2.05, 4.69) is 0 Å². The Morgan fingerprint density at radius 1 is 0.724 bits per heavy atom. The Hall–Kier alpha value is -2.92. The van der Waals surface area contributed by atoms with Crippen LogP contribution in [0.2, 0.25) is 0 Å². The van der Waals surface area contributed by atoms with Gasteiger partial charge in [0.15, 0.2) is 0 Å². The highest BCUT2D eigenvalue weighted by atomic mass is 16.6. The Bertz CT molecular complexity index is 854. The van der Waals surface area contributed by atoms with Gasteiger partial charge in [0, 0.05) is 34.6 Å². The number of hydrogen-bond donors (Lipinski definition) is 6. The van der Waals surface area contributed by atoms with Gasteiger partial charge in [-0.1, -0.05) is 0 Å². The first kappa shape index (κ1) is 19.4. The van der Waals surface area contributed by atoms with Crippen molar-refractivity contribution < 1.29 is 18.9 Å². The molecule has 156 valence electrons. The Balaban J connectivity index is 1.61. The van der Waals surface area contributed by atoms with E-state index >= 15 is 0 Å². The van der Waals surface area contributed by atoms with Crippen molar-refractivity contribution in [3.05, 3.63) is 35.4 Å². The SMILES string of the molecule is Nc1cc(C(N)(N)c2cc(N)c(OCC3CO3)cc2N)c(N)cc1OCC1CO1. The first-order valence-corrected chi connectivity index (χ1v) is 9.21. The van der Waals surface area contributed by atoms with Crippen LogP contribution in [0.5, 0.6) is 11.5 Å². The third kappa shape index (κ3) is 4.10. The van der Waals surface area contributed by atoms with Crippen LogP contribution in [-0.2, 0) is 15.1 Å². The second kappa shape index (κ2) is 7.16. The molecule has 10 nitrogen and oxygen atoms in total. The normalized spacial score (nSPS) is 20.3. The molecule has 2 aromatic rings. The molecule has 0 bridgehead atoms. The fourth-order valence-corrected chi connectivity index (χ4v) is 3.03. The van der Waals surface area contributed by atoms with E-state index in [1.165, 1.54) is 0 Å². The van der Waals surface area contributed by atoms with Gasteiger partial charge in [-0.05, 0) is 12.1 Å². The molecule has 4 rings (SSSR count). The predicted octanol–water partition coefficient (Wildman–Crippen LogP) is -0.311. The van der Waals surface area contributed by atoms with Crippen LogP contribution in [-0.4, -0.2) is 38.6 Å². The number of nitrogens with two attached hydrogens (primary N) is 6. The van der Waals surface area contributed by atoms with E-state index in [-0.39, 0.29) is 12.2 Å². The number of epoxide rings is 2. The monoisotopic (exact) mass is 402 g/mol. The van der Waals surface area contributed by atoms with E-state index in [0.29, 0.717) is 71.8 Å². The van der Waals surface area contributed by atoms with Crippen LogP contribution in [0.4, 0.5) is 22.7 Å². The molecule has 2 saturated heterocycles. The van der Waals surface area contributed by atoms with E-state index in [4.69, 9.17) is 53.3 Å². The van der Waals surface area contributed by atoms with Crippen molar-refractivity contribution in [3.8, 4) is 11.5 Å². The number of nitrogen functional groups attached to an aromatic ring is 4. The molecule has 2 heterocycles. The minimum atomic E-state index is -1.54. The predicted molar refractivity (Wildman–Crippen MR) is 110 cm³/mol. The van der Waals surface area contributed by atoms with Gasteiger partial charge in [-0.15, -0.1) is 0 Å². The molecule has 0 saturated carbocycles. The van der Waals surface area contributed by atoms with Crippen molar-refractivity contribution in [3.63, 3.8) is 0 Å². The summed E-state index contributed by atoms with van der Waals surface area (Å²) in [7, 11) is 0. The standard InChI is InChI=1S/C19H26N6O4/c20-13-3-17(28-7-9-5-26-9)15(22)1-11(13)19(24,25)12-2-16(23)18(4-14(12)21)29-8-10-6-27-10/h1-4,9-10H,5-8,20-25H2. The lowest BCUT2D eigenvalue weighted by atomic mass is 9.89. The van der Waals surface area contributed by atoms with Gasteiger partial charge in [-0.2, -0.15) is 0 Å². The summed E-state index contributed by atoms with van der Waals surface area (Å²) in [6.07, 6.45) is 0.182. The maximum absolute atomic E-state index is 6.45. The van der Waals surface area contributed by atoms with E-state index in [1.54, 1.807) is 24.3 Å². The van der Waals surface area contributed by atoms with Gasteiger partial charge in [0.1, 0.15) is 42.6 Å². The summed E-state index contributed by atoms with van der Waals surface area (Å²) in [6, 6.07) is 6.36. The highest BCUT2D eigenvalue weighted by molar-refractivity contribution is 5.71. The maximum atomic E-state index is 6.45. The smallest absolute Gasteiger partial charge is 0.144 e. The Morgan fingerprint density at radius 2 is 1.10 bits per heavy atom. The Kier molecular flexibility index (Phi) is 4.79. The van der Waals surface area contributed by atoms with Crippen molar-refractivity contribution in [2.45, 2.75) is 17.9 Å². The number of ether oxygens (including phenoxy) is 4. The number of hydrogen-bond acceptors (Lipinski definition) is 10. The topological polar surface area (TPSA) is 200 Å². The van der Waals surface area contributed by atoms with Crippen molar-refractivity contribution in [2.24, 2.45) is 11.5 Å². The van der Waals surface area contributed by atoms with Gasteiger partial charge < -0.3 is 53.3 Å². The molecule has 2 unspecified atom stereocenters. The molecule has 0 aliphatic carbocycles. The second-order valence-corrected chi connectivity index (χ2v) is 7.36. The molecule has 2 aliphatic rings. The van der Waals surface area contributed by atoms with Gasteiger partial charge in [-0.3, -0.25) is 0 Å². The highest BCUT2D eigenvalue weighted by Crippen LogP contribution is 2.39. The first-order chi connectivity index (χ1) is 13.8. The Morgan fingerprint density at radius 3 is 1.45 bits per heavy atom. The minimum Gasteiger partial charge on any atom is -0.489 e. The molecule has 0 spiro atoms. The molecule has 10 heteroatoms. The second-order valence-electron chi connectivity index (χ2n) is 7.36. The van der Waals surface area contributed by atoms with Gasteiger partial charge in [-0.25, -0.2) is 0 Å². The number of rotatable bonds is 8. The van der Waals surface area contributed by atoms with Gasteiger partial charge in [0.05, 0.1) is 24.6 Å². The van der Waals surface area contributed by atoms with E-state index in [9.17, 15) is 0 Å². The zero-order chi connectivity index (χ0) is 20.8. The highest BCUT2D eigenvalue weighted by Gasteiger charge is 2.32. The molecule has 2 fully saturated rings. The number of anilines is 4. The van der Waals surface area contributed by atoms with Gasteiger partial charge in [0.2, 0.25) is 0 Å². The fourth-order valence-electron chi connectivity index (χ4n) is 3.03. The zero-order valence-electron chi connectivity index (χ0n) is 15.9. The van der Waals surface area contributed by atoms with Crippen LogP contribution in [0.1, 0.15) is 11.1 Å². The molecule has 2 aromatic carbocycles. The summed E-state index contributed by atoms with van der Waals surface area (Å²) < 4.78 is 21.5. The summed E-state index contributed by atoms with van der Waals surface area (Å²) in [4.78, 5) is 0. The molecule has 0 aromatic heterocycles. The lowest BCUT2D eigenvalue weighted by molar-refractivity contribution is 0.264. The minimum absolute atomic E-state index is 0.0911. The number of benzene rings is 2. The summed E-state index contributed by atoms with van der Waals surface area (Å²) in [6.45, 7) is 2.15. The average Bonchev–Trinajstić information content (AvgIpc) is 3.56. The molecule has 29 heavy (non-hydrogen) atoms. The van der Waals surface area contributed by atoms with Crippen LogP contribution in [0, 0.1) is 0 Å². The summed E-state index contributed by atoms with van der Waals surface area (Å²) in [5, 5.41) is 0. The largest absolute Gasteiger partial charge is 0.489 e. The lowest BCUT2D eigenvalue weighted by Gasteiger charge is -2.29. The van der Waals surface area contributed by atoms with Crippen molar-refractivity contribution >= 4 is 22.7 Å². The molecule has 2 aliphatic heterocycles. The fraction of sp³-hybridized carbons (Fsp3) is 0.368. The third-order valence-corrected chi connectivity index (χ3v) is 4.91. The molecular weight excluding hydrogens is 376 g/mol. The molecule has 12 N–H and O–H groups in total. The molecule has 0 radical (unpaired) electrons. The van der Waals surface area contributed by atoms with Crippen molar-refractivity contribution in [1.29, 1.82) is 0 Å². The third-order valence-electron chi connectivity index (χ3n) is 4.91. The molecule has 2 atom stereocenters. The van der Waals surface area contributed by atoms with Gasteiger partial charge in [0.25, 0.3) is 0 Å².